The number of rotatable bonds is 5. The SMILES string of the molecule is Nc1nc(N)c(-c2ccc(Cl)c(Cl)c2)c(COc2ccc(S(=O)(=O)F)cc2)n1. The third kappa shape index (κ3) is 4.44. The molecule has 7 nitrogen and oxygen atoms in total. The molecule has 146 valence electrons. The molecule has 0 amide bonds. The first-order chi connectivity index (χ1) is 13.1. The topological polar surface area (TPSA) is 121 Å². The van der Waals surface area contributed by atoms with Gasteiger partial charge < -0.3 is 16.2 Å². The number of halogens is 3. The lowest BCUT2D eigenvalue weighted by molar-refractivity contribution is 0.302. The second-order valence-corrected chi connectivity index (χ2v) is 7.78. The fourth-order valence-electron chi connectivity index (χ4n) is 2.47. The van der Waals surface area contributed by atoms with E-state index < -0.39 is 15.1 Å². The second kappa shape index (κ2) is 7.78. The summed E-state index contributed by atoms with van der Waals surface area (Å²) in [7, 11) is -4.78. The van der Waals surface area contributed by atoms with Crippen LogP contribution in [0.2, 0.25) is 10.0 Å². The Morgan fingerprint density at radius 2 is 1.68 bits per heavy atom. The molecule has 11 heteroatoms. The van der Waals surface area contributed by atoms with Gasteiger partial charge in [0.05, 0.1) is 20.6 Å². The zero-order valence-electron chi connectivity index (χ0n) is 14.1. The first kappa shape index (κ1) is 20.1. The molecule has 0 unspecified atom stereocenters. The molecule has 0 aliphatic rings. The summed E-state index contributed by atoms with van der Waals surface area (Å²) in [6.07, 6.45) is 0. The fourth-order valence-corrected chi connectivity index (χ4v) is 3.23. The van der Waals surface area contributed by atoms with Crippen LogP contribution in [0.15, 0.2) is 47.4 Å². The van der Waals surface area contributed by atoms with Crippen LogP contribution in [0.4, 0.5) is 15.7 Å². The minimum atomic E-state index is -4.78. The van der Waals surface area contributed by atoms with Crippen molar-refractivity contribution in [3.63, 3.8) is 0 Å². The van der Waals surface area contributed by atoms with Crippen molar-refractivity contribution < 1.29 is 17.0 Å². The number of hydrogen-bond donors (Lipinski definition) is 2. The summed E-state index contributed by atoms with van der Waals surface area (Å²) in [6.45, 7) is -0.0613. The van der Waals surface area contributed by atoms with Crippen LogP contribution in [0.1, 0.15) is 5.69 Å². The van der Waals surface area contributed by atoms with Crippen LogP contribution in [0, 0.1) is 0 Å². The number of aromatic nitrogens is 2. The molecule has 3 aromatic rings. The van der Waals surface area contributed by atoms with Gasteiger partial charge in [0.25, 0.3) is 0 Å². The predicted octanol–water partition coefficient (Wildman–Crippen LogP) is 3.85. The van der Waals surface area contributed by atoms with Crippen molar-refractivity contribution in [1.82, 2.24) is 9.97 Å². The van der Waals surface area contributed by atoms with Gasteiger partial charge in [-0.05, 0) is 42.0 Å². The Bertz CT molecular complexity index is 1140. The number of ether oxygens (including phenoxy) is 1. The van der Waals surface area contributed by atoms with E-state index in [1.54, 1.807) is 18.2 Å². The van der Waals surface area contributed by atoms with Gasteiger partial charge in [0.2, 0.25) is 5.95 Å². The van der Waals surface area contributed by atoms with Gasteiger partial charge in [0, 0.05) is 5.56 Å². The molecule has 0 saturated heterocycles. The number of anilines is 2. The van der Waals surface area contributed by atoms with Crippen LogP contribution >= 0.6 is 23.2 Å². The van der Waals surface area contributed by atoms with Gasteiger partial charge in [-0.3, -0.25) is 0 Å². The van der Waals surface area contributed by atoms with E-state index in [4.69, 9.17) is 39.4 Å². The van der Waals surface area contributed by atoms with E-state index >= 15 is 0 Å². The van der Waals surface area contributed by atoms with Crippen LogP contribution in [0.25, 0.3) is 11.1 Å². The summed E-state index contributed by atoms with van der Waals surface area (Å²) >= 11 is 12.0. The van der Waals surface area contributed by atoms with Gasteiger partial charge in [-0.25, -0.2) is 4.98 Å². The van der Waals surface area contributed by atoms with Gasteiger partial charge in [0.1, 0.15) is 18.2 Å². The maximum atomic E-state index is 13.0. The van der Waals surface area contributed by atoms with Gasteiger partial charge >= 0.3 is 10.2 Å². The molecule has 0 spiro atoms. The molecular formula is C17H13Cl2FN4O3S. The summed E-state index contributed by atoms with van der Waals surface area (Å²) in [4.78, 5) is 7.66. The maximum Gasteiger partial charge on any atom is 0.332 e. The highest BCUT2D eigenvalue weighted by Crippen LogP contribution is 2.33. The molecule has 2 aromatic carbocycles. The van der Waals surface area contributed by atoms with Crippen LogP contribution < -0.4 is 16.2 Å². The largest absolute Gasteiger partial charge is 0.487 e. The molecule has 0 fully saturated rings. The number of nitrogens with two attached hydrogens (primary N) is 2. The Labute approximate surface area is 170 Å². The predicted molar refractivity (Wildman–Crippen MR) is 105 cm³/mol. The summed E-state index contributed by atoms with van der Waals surface area (Å²) in [5.41, 5.74) is 13.2. The molecular weight excluding hydrogens is 430 g/mol. The average Bonchev–Trinajstić information content (AvgIpc) is 2.62. The Morgan fingerprint density at radius 3 is 2.29 bits per heavy atom. The minimum Gasteiger partial charge on any atom is -0.487 e. The lowest BCUT2D eigenvalue weighted by Gasteiger charge is -2.14. The Balaban J connectivity index is 1.92. The second-order valence-electron chi connectivity index (χ2n) is 5.62. The van der Waals surface area contributed by atoms with E-state index in [0.717, 1.165) is 12.1 Å². The zero-order valence-corrected chi connectivity index (χ0v) is 16.4. The Hall–Kier alpha value is -2.62. The quantitative estimate of drug-likeness (QED) is 0.575. The maximum absolute atomic E-state index is 13.0. The third-order valence-electron chi connectivity index (χ3n) is 3.72. The van der Waals surface area contributed by atoms with Crippen molar-refractivity contribution in [2.24, 2.45) is 0 Å². The monoisotopic (exact) mass is 442 g/mol. The smallest absolute Gasteiger partial charge is 0.332 e. The van der Waals surface area contributed by atoms with E-state index in [0.29, 0.717) is 32.6 Å². The van der Waals surface area contributed by atoms with Crippen LogP contribution in [-0.2, 0) is 16.8 Å². The molecule has 28 heavy (non-hydrogen) atoms. The van der Waals surface area contributed by atoms with Crippen LogP contribution in [0.5, 0.6) is 5.75 Å². The van der Waals surface area contributed by atoms with Gasteiger partial charge in [-0.1, -0.05) is 29.3 Å². The van der Waals surface area contributed by atoms with Crippen molar-refractivity contribution in [1.29, 1.82) is 0 Å². The van der Waals surface area contributed by atoms with E-state index in [9.17, 15) is 12.3 Å². The number of nitrogen functional groups attached to an aromatic ring is 2. The normalized spacial score (nSPS) is 11.4. The fraction of sp³-hybridized carbons (Fsp3) is 0.0588. The Kier molecular flexibility index (Phi) is 5.59. The molecule has 0 bridgehead atoms. The average molecular weight is 443 g/mol. The highest BCUT2D eigenvalue weighted by Gasteiger charge is 2.16. The summed E-state index contributed by atoms with van der Waals surface area (Å²) in [6, 6.07) is 9.73. The van der Waals surface area contributed by atoms with Gasteiger partial charge in [-0.2, -0.15) is 13.4 Å². The molecule has 0 radical (unpaired) electrons. The molecule has 3 rings (SSSR count). The van der Waals surface area contributed by atoms with E-state index in [-0.39, 0.29) is 18.4 Å². The van der Waals surface area contributed by atoms with Crippen molar-refractivity contribution in [3.8, 4) is 16.9 Å². The van der Waals surface area contributed by atoms with E-state index in [1.807, 2.05) is 0 Å². The number of benzene rings is 2. The Morgan fingerprint density at radius 1 is 1.00 bits per heavy atom. The number of nitrogens with zero attached hydrogens (tertiary/aromatic N) is 2. The van der Waals surface area contributed by atoms with Crippen LogP contribution in [0.3, 0.4) is 0 Å². The molecule has 4 N–H and O–H groups in total. The van der Waals surface area contributed by atoms with Crippen molar-refractivity contribution in [2.75, 3.05) is 11.5 Å². The molecule has 1 heterocycles. The van der Waals surface area contributed by atoms with Gasteiger partial charge in [0.15, 0.2) is 0 Å². The molecule has 1 aromatic heterocycles. The lowest BCUT2D eigenvalue weighted by atomic mass is 10.0. The highest BCUT2D eigenvalue weighted by molar-refractivity contribution is 7.86. The van der Waals surface area contributed by atoms with Crippen molar-refractivity contribution >= 4 is 45.2 Å². The van der Waals surface area contributed by atoms with E-state index in [2.05, 4.69) is 9.97 Å². The number of hydrogen-bond acceptors (Lipinski definition) is 7. The van der Waals surface area contributed by atoms with Crippen molar-refractivity contribution in [2.45, 2.75) is 11.5 Å². The minimum absolute atomic E-state index is 0.0428. The lowest BCUT2D eigenvalue weighted by Crippen LogP contribution is -2.09. The molecule has 0 aliphatic carbocycles. The standard InChI is InChI=1S/C17H13Cl2FN4O3S/c18-12-6-1-9(7-13(12)19)15-14(23-17(22)24-16(15)21)8-27-10-2-4-11(5-3-10)28(20,25)26/h1-7H,8H2,(H4,21,22,23,24). The summed E-state index contributed by atoms with van der Waals surface area (Å²) in [5.74, 6) is 0.380. The van der Waals surface area contributed by atoms with Gasteiger partial charge in [-0.15, -0.1) is 3.89 Å². The summed E-state index contributed by atoms with van der Waals surface area (Å²) < 4.78 is 40.3. The third-order valence-corrected chi connectivity index (χ3v) is 5.29. The van der Waals surface area contributed by atoms with E-state index in [1.165, 1.54) is 12.1 Å². The zero-order chi connectivity index (χ0) is 20.5. The van der Waals surface area contributed by atoms with Crippen molar-refractivity contribution in [3.05, 3.63) is 58.2 Å². The molecule has 0 atom stereocenters. The molecule has 0 saturated carbocycles. The molecule has 0 aliphatic heterocycles. The summed E-state index contributed by atoms with van der Waals surface area (Å²) in [5, 5.41) is 0.700. The first-order valence-corrected chi connectivity index (χ1v) is 9.84. The van der Waals surface area contributed by atoms with Crippen LogP contribution in [-0.4, -0.2) is 18.4 Å². The first-order valence-electron chi connectivity index (χ1n) is 7.70. The highest BCUT2D eigenvalue weighted by atomic mass is 35.5.